The fourth-order valence-corrected chi connectivity index (χ4v) is 4.43. The van der Waals surface area contributed by atoms with Crippen molar-refractivity contribution in [2.24, 2.45) is 0 Å². The summed E-state index contributed by atoms with van der Waals surface area (Å²) in [5.41, 5.74) is 2.72. The Morgan fingerprint density at radius 3 is 2.58 bits per heavy atom. The quantitative estimate of drug-likeness (QED) is 0.340. The van der Waals surface area contributed by atoms with Crippen molar-refractivity contribution in [2.75, 3.05) is 57.9 Å². The molecule has 1 saturated heterocycles. The number of nitrogens with zero attached hydrogens (tertiary/aromatic N) is 4. The number of amides is 1. The molecule has 0 atom stereocenters. The molecular formula is C25H37N5O2S. The molecule has 3 rings (SSSR count). The number of likely N-dealkylation sites (N-methyl/N-ethyl adjacent to an activating group) is 1. The third-order valence-corrected chi connectivity index (χ3v) is 6.67. The molecule has 180 valence electrons. The summed E-state index contributed by atoms with van der Waals surface area (Å²) in [5, 5.41) is 3.65. The van der Waals surface area contributed by atoms with E-state index in [2.05, 4.69) is 48.9 Å². The maximum Gasteiger partial charge on any atom is 0.251 e. The molecule has 1 N–H and O–H groups in total. The summed E-state index contributed by atoms with van der Waals surface area (Å²) >= 11 is 1.62. The second kappa shape index (κ2) is 11.8. The van der Waals surface area contributed by atoms with Gasteiger partial charge in [-0.25, -0.2) is 9.97 Å². The lowest BCUT2D eigenvalue weighted by Gasteiger charge is -2.35. The van der Waals surface area contributed by atoms with Crippen LogP contribution in [0.25, 0.3) is 0 Å². The Morgan fingerprint density at radius 2 is 1.91 bits per heavy atom. The van der Waals surface area contributed by atoms with Gasteiger partial charge < -0.3 is 19.9 Å². The molecule has 1 amide bonds. The van der Waals surface area contributed by atoms with Gasteiger partial charge in [-0.05, 0) is 24.2 Å². The van der Waals surface area contributed by atoms with E-state index in [0.717, 1.165) is 55.0 Å². The van der Waals surface area contributed by atoms with Crippen molar-refractivity contribution in [3.63, 3.8) is 0 Å². The number of carbonyl (C=O) groups excluding carboxylic acids is 1. The molecule has 0 spiro atoms. The monoisotopic (exact) mass is 471 g/mol. The third-order valence-electron chi connectivity index (χ3n) is 5.75. The molecule has 1 fully saturated rings. The number of carbonyl (C=O) groups is 1. The lowest BCUT2D eigenvalue weighted by molar-refractivity contribution is 0.0937. The molecule has 0 bridgehead atoms. The Labute approximate surface area is 202 Å². The van der Waals surface area contributed by atoms with Gasteiger partial charge in [-0.1, -0.05) is 51.6 Å². The first-order valence-corrected chi connectivity index (χ1v) is 12.6. The van der Waals surface area contributed by atoms with E-state index in [0.29, 0.717) is 24.5 Å². The van der Waals surface area contributed by atoms with Crippen molar-refractivity contribution < 1.29 is 9.53 Å². The van der Waals surface area contributed by atoms with Gasteiger partial charge in [0.15, 0.2) is 5.16 Å². The molecule has 1 aromatic heterocycles. The fourth-order valence-electron chi connectivity index (χ4n) is 3.64. The summed E-state index contributed by atoms with van der Waals surface area (Å²) in [4.78, 5) is 27.0. The zero-order valence-corrected chi connectivity index (χ0v) is 21.4. The molecule has 2 heterocycles. The van der Waals surface area contributed by atoms with Crippen molar-refractivity contribution in [1.82, 2.24) is 20.2 Å². The van der Waals surface area contributed by atoms with E-state index in [1.165, 1.54) is 0 Å². The van der Waals surface area contributed by atoms with E-state index in [4.69, 9.17) is 14.7 Å². The second-order valence-corrected chi connectivity index (χ2v) is 10.2. The minimum atomic E-state index is -0.0848. The van der Waals surface area contributed by atoms with Crippen LogP contribution in [-0.4, -0.2) is 73.8 Å². The highest BCUT2D eigenvalue weighted by Gasteiger charge is 2.22. The normalized spacial score (nSPS) is 15.0. The van der Waals surface area contributed by atoms with Crippen LogP contribution in [0.4, 0.5) is 5.82 Å². The summed E-state index contributed by atoms with van der Waals surface area (Å²) in [5.74, 6) is 1.63. The minimum Gasteiger partial charge on any atom is -0.383 e. The lowest BCUT2D eigenvalue weighted by atomic mass is 9.92. The summed E-state index contributed by atoms with van der Waals surface area (Å²) < 4.78 is 5.00. The largest absolute Gasteiger partial charge is 0.383 e. The number of nitrogens with one attached hydrogen (secondary N) is 1. The van der Waals surface area contributed by atoms with E-state index >= 15 is 0 Å². The molecule has 0 unspecified atom stereocenters. The number of aromatic nitrogens is 2. The number of hydrogen-bond donors (Lipinski definition) is 1. The van der Waals surface area contributed by atoms with Crippen LogP contribution in [0.15, 0.2) is 35.5 Å². The van der Waals surface area contributed by atoms with Gasteiger partial charge in [0.2, 0.25) is 0 Å². The van der Waals surface area contributed by atoms with E-state index in [-0.39, 0.29) is 11.3 Å². The number of ether oxygens (including phenoxy) is 1. The first-order valence-electron chi connectivity index (χ1n) is 11.7. The van der Waals surface area contributed by atoms with Gasteiger partial charge in [-0.2, -0.15) is 0 Å². The van der Waals surface area contributed by atoms with Crippen LogP contribution in [0, 0.1) is 0 Å². The Morgan fingerprint density at radius 1 is 1.15 bits per heavy atom. The van der Waals surface area contributed by atoms with Gasteiger partial charge in [0, 0.05) is 62.6 Å². The van der Waals surface area contributed by atoms with Crippen LogP contribution in [0.3, 0.4) is 0 Å². The first-order chi connectivity index (χ1) is 15.8. The van der Waals surface area contributed by atoms with Crippen LogP contribution in [0.1, 0.15) is 49.3 Å². The highest BCUT2D eigenvalue weighted by atomic mass is 32.2. The average Bonchev–Trinajstić information content (AvgIpc) is 2.82. The Bertz CT molecular complexity index is 923. The van der Waals surface area contributed by atoms with Crippen LogP contribution in [-0.2, 0) is 15.9 Å². The number of anilines is 1. The van der Waals surface area contributed by atoms with Gasteiger partial charge >= 0.3 is 0 Å². The van der Waals surface area contributed by atoms with E-state index in [1.807, 2.05) is 24.3 Å². The number of benzene rings is 1. The number of hydrogen-bond acceptors (Lipinski definition) is 7. The Kier molecular flexibility index (Phi) is 9.11. The van der Waals surface area contributed by atoms with Crippen LogP contribution >= 0.6 is 11.8 Å². The number of methoxy groups -OCH3 is 1. The summed E-state index contributed by atoms with van der Waals surface area (Å²) in [6, 6.07) is 9.88. The number of rotatable bonds is 9. The molecule has 8 heteroatoms. The van der Waals surface area contributed by atoms with Crippen molar-refractivity contribution >= 4 is 23.5 Å². The number of thioether (sulfide) groups is 1. The zero-order valence-electron chi connectivity index (χ0n) is 20.6. The van der Waals surface area contributed by atoms with Gasteiger partial charge in [-0.3, -0.25) is 4.79 Å². The van der Waals surface area contributed by atoms with Crippen molar-refractivity contribution in [1.29, 1.82) is 0 Å². The summed E-state index contributed by atoms with van der Waals surface area (Å²) in [6.45, 7) is 15.0. The SMILES string of the molecule is CCN1CCN(c2cc(C(C)(C)C)nc(SCc3cccc(C(=O)NCCOC)c3)n2)CC1. The zero-order chi connectivity index (χ0) is 23.8. The fraction of sp³-hybridized carbons (Fsp3) is 0.560. The van der Waals surface area contributed by atoms with E-state index < -0.39 is 0 Å². The van der Waals surface area contributed by atoms with Crippen LogP contribution < -0.4 is 10.2 Å². The molecule has 0 saturated carbocycles. The molecule has 1 aliphatic heterocycles. The smallest absolute Gasteiger partial charge is 0.251 e. The van der Waals surface area contributed by atoms with Crippen LogP contribution in [0.5, 0.6) is 0 Å². The van der Waals surface area contributed by atoms with Gasteiger partial charge in [0.1, 0.15) is 5.82 Å². The van der Waals surface area contributed by atoms with E-state index in [1.54, 1.807) is 18.9 Å². The molecule has 1 aromatic carbocycles. The Balaban J connectivity index is 1.73. The van der Waals surface area contributed by atoms with Crippen molar-refractivity contribution in [3.8, 4) is 0 Å². The van der Waals surface area contributed by atoms with Crippen molar-refractivity contribution in [3.05, 3.63) is 47.2 Å². The molecule has 7 nitrogen and oxygen atoms in total. The molecule has 2 aromatic rings. The predicted molar refractivity (Wildman–Crippen MR) is 135 cm³/mol. The second-order valence-electron chi connectivity index (χ2n) is 9.30. The predicted octanol–water partition coefficient (Wildman–Crippen LogP) is 3.58. The maximum atomic E-state index is 12.4. The standard InChI is InChI=1S/C25H37N5O2S/c1-6-29-11-13-30(14-12-29)22-17-21(25(2,3)4)27-24(28-22)33-18-19-8-7-9-20(16-19)23(31)26-10-15-32-5/h7-9,16-17H,6,10-15,18H2,1-5H3,(H,26,31). The topological polar surface area (TPSA) is 70.6 Å². The summed E-state index contributed by atoms with van der Waals surface area (Å²) in [6.07, 6.45) is 0. The molecule has 0 radical (unpaired) electrons. The first kappa shape index (κ1) is 25.5. The Hall–Kier alpha value is -2.16. The van der Waals surface area contributed by atoms with Gasteiger partial charge in [0.05, 0.1) is 12.3 Å². The highest BCUT2D eigenvalue weighted by molar-refractivity contribution is 7.98. The molecule has 0 aliphatic carbocycles. The van der Waals surface area contributed by atoms with Crippen molar-refractivity contribution in [2.45, 2.75) is 44.0 Å². The number of piperazine rings is 1. The lowest BCUT2D eigenvalue weighted by Crippen LogP contribution is -2.46. The average molecular weight is 472 g/mol. The van der Waals surface area contributed by atoms with Crippen LogP contribution in [0.2, 0.25) is 0 Å². The van der Waals surface area contributed by atoms with Gasteiger partial charge in [-0.15, -0.1) is 0 Å². The van der Waals surface area contributed by atoms with E-state index in [9.17, 15) is 4.79 Å². The molecular weight excluding hydrogens is 434 g/mol. The minimum absolute atomic E-state index is 0.0571. The molecule has 1 aliphatic rings. The van der Waals surface area contributed by atoms with Gasteiger partial charge in [0.25, 0.3) is 5.91 Å². The maximum absolute atomic E-state index is 12.4. The third kappa shape index (κ3) is 7.42. The summed E-state index contributed by atoms with van der Waals surface area (Å²) in [7, 11) is 1.62. The molecule has 33 heavy (non-hydrogen) atoms. The highest BCUT2D eigenvalue weighted by Crippen LogP contribution is 2.29.